The van der Waals surface area contributed by atoms with Gasteiger partial charge in [0.2, 0.25) is 0 Å². The van der Waals surface area contributed by atoms with Crippen LogP contribution in [0, 0.1) is 6.90 Å². The van der Waals surface area contributed by atoms with Crippen molar-refractivity contribution < 1.29 is 9.79 Å². The van der Waals surface area contributed by atoms with Gasteiger partial charge in [0.05, 0.1) is 10.6 Å². The predicted molar refractivity (Wildman–Crippen MR) is 53.5 cm³/mol. The van der Waals surface area contributed by atoms with Crippen molar-refractivity contribution in [3.63, 3.8) is 0 Å². The molecule has 1 rings (SSSR count). The molecule has 0 radical (unpaired) electrons. The van der Waals surface area contributed by atoms with Gasteiger partial charge in [-0.15, -0.1) is 0 Å². The van der Waals surface area contributed by atoms with E-state index in [9.17, 15) is 8.42 Å². The maximum Gasteiger partial charge on any atom is 0.178 e. The van der Waals surface area contributed by atoms with E-state index in [0.29, 0.717) is 11.3 Å². The van der Waals surface area contributed by atoms with Gasteiger partial charge in [-0.2, -0.15) is 0 Å². The molecule has 0 amide bonds. The van der Waals surface area contributed by atoms with Gasteiger partial charge in [-0.25, -0.2) is 8.42 Å². The molecule has 0 aliphatic heterocycles. The summed E-state index contributed by atoms with van der Waals surface area (Å²) in [4.78, 5) is 0.337. The highest BCUT2D eigenvalue weighted by Gasteiger charge is 2.11. The van der Waals surface area contributed by atoms with Crippen molar-refractivity contribution in [1.29, 1.82) is 0 Å². The Morgan fingerprint density at radius 2 is 2.23 bits per heavy atom. The van der Waals surface area contributed by atoms with E-state index in [4.69, 9.17) is 1.37 Å². The summed E-state index contributed by atoms with van der Waals surface area (Å²) in [7, 11) is -3.13. The maximum absolute atomic E-state index is 11.6. The van der Waals surface area contributed by atoms with Crippen LogP contribution in [0.5, 0.6) is 0 Å². The summed E-state index contributed by atoms with van der Waals surface area (Å²) in [5.74, 6) is 0.175. The maximum atomic E-state index is 11.6. The van der Waals surface area contributed by atoms with E-state index < -0.39 is 9.84 Å². The summed E-state index contributed by atoms with van der Waals surface area (Å²) >= 11 is 0. The molecule has 1 aromatic rings. The fourth-order valence-electron chi connectivity index (χ4n) is 1.13. The lowest BCUT2D eigenvalue weighted by Crippen LogP contribution is -2.05. The number of sulfone groups is 1. The fraction of sp³-hybridized carbons (Fsp3) is 0.400. The number of rotatable bonds is 3. The SMILES string of the molecule is [3H]Cc1cccc(S(=O)(=O)CCC)c1. The van der Waals surface area contributed by atoms with Crippen LogP contribution in [0.2, 0.25) is 0 Å². The molecule has 0 atom stereocenters. The lowest BCUT2D eigenvalue weighted by molar-refractivity contribution is 0.594. The van der Waals surface area contributed by atoms with E-state index in [1.54, 1.807) is 24.3 Å². The average molecular weight is 200 g/mol. The first-order valence-corrected chi connectivity index (χ1v) is 5.86. The monoisotopic (exact) mass is 200 g/mol. The van der Waals surface area contributed by atoms with E-state index in [1.807, 2.05) is 6.92 Å². The minimum atomic E-state index is -3.13. The van der Waals surface area contributed by atoms with Crippen molar-refractivity contribution >= 4 is 9.84 Å². The first-order chi connectivity index (χ1) is 6.60. The van der Waals surface area contributed by atoms with Crippen LogP contribution in [0.25, 0.3) is 0 Å². The van der Waals surface area contributed by atoms with E-state index in [0.717, 1.165) is 5.56 Å². The zero-order chi connectivity index (χ0) is 10.6. The number of hydrogen-bond donors (Lipinski definition) is 0. The topological polar surface area (TPSA) is 34.1 Å². The highest BCUT2D eigenvalue weighted by atomic mass is 32.2. The Hall–Kier alpha value is -0.830. The summed E-state index contributed by atoms with van der Waals surface area (Å²) in [6.45, 7) is 1.96. The molecule has 0 unspecified atom stereocenters. The van der Waals surface area contributed by atoms with Gasteiger partial charge in [0.25, 0.3) is 0 Å². The molecule has 3 heteroatoms. The normalized spacial score (nSPS) is 12.5. The lowest BCUT2D eigenvalue weighted by atomic mass is 10.2. The number of aryl methyl sites for hydroxylation is 1. The summed E-state index contributed by atoms with van der Waals surface area (Å²) < 4.78 is 30.4. The Balaban J connectivity index is 3.07. The molecule has 0 spiro atoms. The molecule has 1 aromatic carbocycles. The predicted octanol–water partition coefficient (Wildman–Crippen LogP) is 2.18. The van der Waals surface area contributed by atoms with Crippen molar-refractivity contribution in [1.82, 2.24) is 0 Å². The minimum absolute atomic E-state index is 0.121. The minimum Gasteiger partial charge on any atom is -0.224 e. The summed E-state index contributed by atoms with van der Waals surface area (Å²) in [5, 5.41) is 0. The van der Waals surface area contributed by atoms with Crippen molar-refractivity contribution in [3.05, 3.63) is 29.8 Å². The molecular formula is C10H14O2S. The molecule has 0 aliphatic carbocycles. The van der Waals surface area contributed by atoms with Crippen LogP contribution in [0.3, 0.4) is 0 Å². The molecule has 0 N–H and O–H groups in total. The molecule has 0 aliphatic rings. The summed E-state index contributed by atoms with van der Waals surface area (Å²) in [6, 6.07) is 6.62. The van der Waals surface area contributed by atoms with Gasteiger partial charge in [0, 0.05) is 1.37 Å². The summed E-state index contributed by atoms with van der Waals surface area (Å²) in [6.07, 6.45) is 0.618. The number of benzene rings is 1. The zero-order valence-electron chi connectivity index (χ0n) is 8.66. The lowest BCUT2D eigenvalue weighted by Gasteiger charge is -2.02. The smallest absolute Gasteiger partial charge is 0.178 e. The summed E-state index contributed by atoms with van der Waals surface area (Å²) in [5.41, 5.74) is 0.738. The van der Waals surface area contributed by atoms with Crippen LogP contribution in [0.1, 0.15) is 20.3 Å². The second kappa shape index (κ2) is 3.92. The second-order valence-electron chi connectivity index (χ2n) is 2.97. The first-order valence-electron chi connectivity index (χ1n) is 4.92. The van der Waals surface area contributed by atoms with Crippen LogP contribution in [0.15, 0.2) is 29.2 Å². The van der Waals surface area contributed by atoms with E-state index in [1.165, 1.54) is 0 Å². The van der Waals surface area contributed by atoms with Crippen molar-refractivity contribution in [3.8, 4) is 0 Å². The quantitative estimate of drug-likeness (QED) is 0.749. The molecule has 2 nitrogen and oxygen atoms in total. The molecule has 0 heterocycles. The van der Waals surface area contributed by atoms with Crippen LogP contribution in [-0.4, -0.2) is 14.2 Å². The van der Waals surface area contributed by atoms with Crippen molar-refractivity contribution in [2.45, 2.75) is 25.1 Å². The molecule has 0 bridgehead atoms. The van der Waals surface area contributed by atoms with Gasteiger partial charge in [-0.3, -0.25) is 0 Å². The third-order valence-electron chi connectivity index (χ3n) is 1.73. The van der Waals surface area contributed by atoms with Crippen LogP contribution in [-0.2, 0) is 9.84 Å². The Labute approximate surface area is 80.9 Å². The Morgan fingerprint density at radius 3 is 2.85 bits per heavy atom. The van der Waals surface area contributed by atoms with Gasteiger partial charge in [-0.05, 0) is 31.0 Å². The molecule has 13 heavy (non-hydrogen) atoms. The molecule has 0 saturated heterocycles. The molecule has 0 saturated carbocycles. The molecule has 0 aromatic heterocycles. The third kappa shape index (κ3) is 2.56. The largest absolute Gasteiger partial charge is 0.224 e. The Kier molecular flexibility index (Phi) is 2.64. The number of hydrogen-bond acceptors (Lipinski definition) is 2. The second-order valence-corrected chi connectivity index (χ2v) is 5.08. The van der Waals surface area contributed by atoms with Crippen molar-refractivity contribution in [2.75, 3.05) is 5.75 Å². The van der Waals surface area contributed by atoms with Crippen LogP contribution >= 0.6 is 0 Å². The molecular weight excluding hydrogens is 184 g/mol. The molecule has 72 valence electrons. The van der Waals surface area contributed by atoms with Crippen LogP contribution in [0.4, 0.5) is 0 Å². The van der Waals surface area contributed by atoms with E-state index >= 15 is 0 Å². The first kappa shape index (κ1) is 8.75. The fourth-order valence-corrected chi connectivity index (χ4v) is 2.52. The van der Waals surface area contributed by atoms with Crippen LogP contribution < -0.4 is 0 Å². The zero-order valence-corrected chi connectivity index (χ0v) is 8.47. The van der Waals surface area contributed by atoms with Gasteiger partial charge >= 0.3 is 0 Å². The third-order valence-corrected chi connectivity index (χ3v) is 3.65. The van der Waals surface area contributed by atoms with Gasteiger partial charge < -0.3 is 0 Å². The van der Waals surface area contributed by atoms with E-state index in [2.05, 4.69) is 0 Å². The standard InChI is InChI=1S/C10H14O2S/c1-3-7-13(11,12)10-6-4-5-9(2)8-10/h4-6,8H,3,7H2,1-2H3/i2T. The van der Waals surface area contributed by atoms with Crippen molar-refractivity contribution in [2.24, 2.45) is 0 Å². The van der Waals surface area contributed by atoms with Gasteiger partial charge in [0.1, 0.15) is 0 Å². The van der Waals surface area contributed by atoms with Gasteiger partial charge in [-0.1, -0.05) is 19.1 Å². The highest BCUT2D eigenvalue weighted by molar-refractivity contribution is 7.91. The average Bonchev–Trinajstić information content (AvgIpc) is 2.18. The Bertz CT molecular complexity index is 398. The molecule has 0 fully saturated rings. The van der Waals surface area contributed by atoms with Gasteiger partial charge in [0.15, 0.2) is 9.84 Å². The van der Waals surface area contributed by atoms with E-state index in [-0.39, 0.29) is 12.7 Å². The highest BCUT2D eigenvalue weighted by Crippen LogP contribution is 2.13. The Morgan fingerprint density at radius 1 is 1.46 bits per heavy atom.